The summed E-state index contributed by atoms with van der Waals surface area (Å²) in [5.74, 6) is -0.591. The third kappa shape index (κ3) is 4.28. The SMILES string of the molecule is CC1(C)CC(=O)C2=C(C1)N(c1nnc(SCc3cccc(C(F)(F)F)c3)s1)C(N)=C(C#N)C21C(=O)Nc2ccccc21. The number of benzene rings is 2. The number of nitrogens with two attached hydrogens (primary N) is 1. The number of nitrogens with one attached hydrogen (secondary N) is 1. The van der Waals surface area contributed by atoms with Crippen molar-refractivity contribution in [3.05, 3.63) is 87.9 Å². The molecule has 3 heterocycles. The quantitative estimate of drug-likeness (QED) is 0.351. The van der Waals surface area contributed by atoms with E-state index >= 15 is 0 Å². The van der Waals surface area contributed by atoms with Crippen LogP contribution in [0.3, 0.4) is 0 Å². The van der Waals surface area contributed by atoms with E-state index in [0.717, 1.165) is 23.5 Å². The minimum atomic E-state index is -4.45. The second kappa shape index (κ2) is 9.71. The molecule has 8 nitrogen and oxygen atoms in total. The summed E-state index contributed by atoms with van der Waals surface area (Å²) in [5.41, 5.74) is 5.85. The Balaban J connectivity index is 1.43. The summed E-state index contributed by atoms with van der Waals surface area (Å²) in [6, 6.07) is 14.1. The number of thioether (sulfide) groups is 1. The molecule has 0 saturated heterocycles. The van der Waals surface area contributed by atoms with E-state index in [-0.39, 0.29) is 40.1 Å². The minimum absolute atomic E-state index is 0.0285. The highest BCUT2D eigenvalue weighted by Gasteiger charge is 2.61. The zero-order valence-electron chi connectivity index (χ0n) is 22.4. The number of amides is 1. The standard InChI is InChI=1S/C29H23F3N6O2S2/c1-27(2)11-20-22(21(39)12-27)28(17-8-3-4-9-19(17)35-24(28)40)18(13-33)23(34)38(20)25-36-37-26(42-25)41-14-15-6-5-7-16(10-15)29(30,31)32/h3-10H,11-12,14,34H2,1-2H3,(H,35,40). The van der Waals surface area contributed by atoms with E-state index in [4.69, 9.17) is 5.73 Å². The largest absolute Gasteiger partial charge is 0.416 e. The maximum Gasteiger partial charge on any atom is 0.416 e. The molecule has 1 unspecified atom stereocenters. The Bertz CT molecular complexity index is 1770. The summed E-state index contributed by atoms with van der Waals surface area (Å²) in [5, 5.41) is 22.1. The third-order valence-electron chi connectivity index (χ3n) is 7.60. The first-order valence-corrected chi connectivity index (χ1v) is 14.7. The van der Waals surface area contributed by atoms with Crippen molar-refractivity contribution >= 4 is 45.6 Å². The Morgan fingerprint density at radius 1 is 1.14 bits per heavy atom. The number of hydrogen-bond acceptors (Lipinski definition) is 9. The van der Waals surface area contributed by atoms with Gasteiger partial charge in [0.1, 0.15) is 17.3 Å². The summed E-state index contributed by atoms with van der Waals surface area (Å²) < 4.78 is 39.9. The minimum Gasteiger partial charge on any atom is -0.384 e. The highest BCUT2D eigenvalue weighted by molar-refractivity contribution is 8.00. The lowest BCUT2D eigenvalue weighted by molar-refractivity contribution is -0.137. The second-order valence-electron chi connectivity index (χ2n) is 11.1. The van der Waals surface area contributed by atoms with Gasteiger partial charge < -0.3 is 11.1 Å². The lowest BCUT2D eigenvalue weighted by atomic mass is 9.61. The van der Waals surface area contributed by atoms with Gasteiger partial charge in [-0.25, -0.2) is 0 Å². The molecule has 2 aliphatic heterocycles. The highest BCUT2D eigenvalue weighted by Crippen LogP contribution is 2.57. The Hall–Kier alpha value is -4.15. The van der Waals surface area contributed by atoms with Gasteiger partial charge in [0.15, 0.2) is 10.1 Å². The molecular formula is C29H23F3N6O2S2. The van der Waals surface area contributed by atoms with Crippen molar-refractivity contribution < 1.29 is 22.8 Å². The zero-order valence-corrected chi connectivity index (χ0v) is 24.0. The first-order valence-electron chi connectivity index (χ1n) is 12.9. The van der Waals surface area contributed by atoms with Gasteiger partial charge in [0.25, 0.3) is 0 Å². The zero-order chi connectivity index (χ0) is 30.0. The number of nitrogens with zero attached hydrogens (tertiary/aromatic N) is 4. The highest BCUT2D eigenvalue weighted by atomic mass is 32.2. The van der Waals surface area contributed by atoms with Gasteiger partial charge in [0, 0.05) is 34.7 Å². The van der Waals surface area contributed by atoms with E-state index in [1.807, 2.05) is 13.8 Å². The summed E-state index contributed by atoms with van der Waals surface area (Å²) in [6.07, 6.45) is -3.90. The number of carbonyl (C=O) groups excluding carboxylic acids is 2. The van der Waals surface area contributed by atoms with Crippen LogP contribution in [0.1, 0.15) is 43.4 Å². The smallest absolute Gasteiger partial charge is 0.384 e. The molecule has 0 fully saturated rings. The van der Waals surface area contributed by atoms with Crippen molar-refractivity contribution in [1.82, 2.24) is 10.2 Å². The fourth-order valence-electron chi connectivity index (χ4n) is 5.93. The number of alkyl halides is 3. The number of fused-ring (bicyclic) bond motifs is 3. The van der Waals surface area contributed by atoms with Gasteiger partial charge in [-0.1, -0.05) is 73.3 Å². The Morgan fingerprint density at radius 3 is 2.64 bits per heavy atom. The summed E-state index contributed by atoms with van der Waals surface area (Å²) in [6.45, 7) is 3.89. The second-order valence-corrected chi connectivity index (χ2v) is 13.2. The lowest BCUT2D eigenvalue weighted by Crippen LogP contribution is -2.52. The molecule has 3 N–H and O–H groups in total. The molecule has 1 spiro atoms. The van der Waals surface area contributed by atoms with Crippen LogP contribution >= 0.6 is 23.1 Å². The summed E-state index contributed by atoms with van der Waals surface area (Å²) >= 11 is 2.34. The number of allylic oxidation sites excluding steroid dienone is 1. The number of carbonyl (C=O) groups is 2. The number of anilines is 2. The van der Waals surface area contributed by atoms with Gasteiger partial charge in [-0.2, -0.15) is 18.4 Å². The van der Waals surface area contributed by atoms with Crippen LogP contribution in [0.5, 0.6) is 0 Å². The normalized spacial score (nSPS) is 21.4. The number of nitriles is 1. The molecule has 1 atom stereocenters. The molecule has 1 aromatic heterocycles. The average Bonchev–Trinajstić information content (AvgIpc) is 3.49. The Labute approximate surface area is 247 Å². The fraction of sp³-hybridized carbons (Fsp3) is 0.276. The summed E-state index contributed by atoms with van der Waals surface area (Å²) in [7, 11) is 0. The number of aromatic nitrogens is 2. The van der Waals surface area contributed by atoms with Gasteiger partial charge >= 0.3 is 6.18 Å². The number of hydrogen-bond donors (Lipinski definition) is 2. The molecule has 3 aliphatic rings. The molecule has 0 saturated carbocycles. The van der Waals surface area contributed by atoms with Gasteiger partial charge in [-0.3, -0.25) is 14.5 Å². The number of halogens is 3. The molecule has 6 rings (SSSR count). The van der Waals surface area contributed by atoms with E-state index in [0.29, 0.717) is 33.3 Å². The Morgan fingerprint density at radius 2 is 1.90 bits per heavy atom. The Kier molecular flexibility index (Phi) is 6.47. The van der Waals surface area contributed by atoms with E-state index in [1.54, 1.807) is 30.3 Å². The molecule has 3 aromatic rings. The van der Waals surface area contributed by atoms with Crippen LogP contribution in [-0.2, 0) is 26.9 Å². The molecule has 0 bridgehead atoms. The first-order chi connectivity index (χ1) is 19.9. The van der Waals surface area contributed by atoms with Gasteiger partial charge in [0.2, 0.25) is 11.0 Å². The predicted octanol–water partition coefficient (Wildman–Crippen LogP) is 5.90. The van der Waals surface area contributed by atoms with Gasteiger partial charge in [-0.05, 0) is 29.5 Å². The van der Waals surface area contributed by atoms with Crippen LogP contribution in [-0.4, -0.2) is 21.9 Å². The van der Waals surface area contributed by atoms with Crippen LogP contribution in [0.15, 0.2) is 75.5 Å². The molecule has 214 valence electrons. The van der Waals surface area contributed by atoms with Crippen molar-refractivity contribution in [3.63, 3.8) is 0 Å². The molecule has 0 radical (unpaired) electrons. The van der Waals surface area contributed by atoms with Crippen molar-refractivity contribution in [2.45, 2.75) is 48.4 Å². The van der Waals surface area contributed by atoms with Crippen molar-refractivity contribution in [1.29, 1.82) is 5.26 Å². The topological polar surface area (TPSA) is 125 Å². The fourth-order valence-corrected chi connectivity index (χ4v) is 7.75. The number of para-hydroxylation sites is 1. The predicted molar refractivity (Wildman–Crippen MR) is 152 cm³/mol. The van der Waals surface area contributed by atoms with E-state index in [9.17, 15) is 28.0 Å². The maximum atomic E-state index is 13.9. The first kappa shape index (κ1) is 28.0. The average molecular weight is 609 g/mol. The number of Topliss-reactive ketones (excluding diaryl/α,β-unsaturated/α-hetero) is 1. The van der Waals surface area contributed by atoms with Crippen LogP contribution in [0.4, 0.5) is 24.0 Å². The van der Waals surface area contributed by atoms with Crippen LogP contribution < -0.4 is 16.0 Å². The number of ketones is 1. The number of rotatable bonds is 4. The molecule has 2 aromatic carbocycles. The molecule has 42 heavy (non-hydrogen) atoms. The monoisotopic (exact) mass is 608 g/mol. The lowest BCUT2D eigenvalue weighted by Gasteiger charge is -2.45. The van der Waals surface area contributed by atoms with Crippen LogP contribution in [0, 0.1) is 16.7 Å². The van der Waals surface area contributed by atoms with Crippen molar-refractivity contribution in [2.75, 3.05) is 10.2 Å². The third-order valence-corrected chi connectivity index (χ3v) is 9.72. The molecular weight excluding hydrogens is 585 g/mol. The van der Waals surface area contributed by atoms with Crippen molar-refractivity contribution in [2.24, 2.45) is 11.1 Å². The molecule has 1 aliphatic carbocycles. The molecule has 13 heteroatoms. The van der Waals surface area contributed by atoms with E-state index in [1.165, 1.54) is 22.7 Å². The van der Waals surface area contributed by atoms with Crippen LogP contribution in [0.2, 0.25) is 0 Å². The maximum absolute atomic E-state index is 13.9. The van der Waals surface area contributed by atoms with Crippen molar-refractivity contribution in [3.8, 4) is 6.07 Å². The summed E-state index contributed by atoms with van der Waals surface area (Å²) in [4.78, 5) is 29.2. The van der Waals surface area contributed by atoms with Crippen LogP contribution in [0.25, 0.3) is 0 Å². The molecule has 1 amide bonds. The van der Waals surface area contributed by atoms with E-state index < -0.39 is 28.5 Å². The van der Waals surface area contributed by atoms with Gasteiger partial charge in [0.05, 0.1) is 11.1 Å². The van der Waals surface area contributed by atoms with E-state index in [2.05, 4.69) is 21.6 Å². The van der Waals surface area contributed by atoms with Gasteiger partial charge in [-0.15, -0.1) is 10.2 Å².